The molecule has 0 heterocycles. The van der Waals surface area contributed by atoms with E-state index in [0.29, 0.717) is 5.56 Å². The van der Waals surface area contributed by atoms with Gasteiger partial charge >= 0.3 is 11.9 Å². The summed E-state index contributed by atoms with van der Waals surface area (Å²) in [7, 11) is 0. The highest BCUT2D eigenvalue weighted by atomic mass is 16.6. The molecule has 0 atom stereocenters. The van der Waals surface area contributed by atoms with E-state index in [2.05, 4.69) is 0 Å². The highest BCUT2D eigenvalue weighted by molar-refractivity contribution is 5.92. The number of ether oxygens (including phenoxy) is 1. The van der Waals surface area contributed by atoms with Gasteiger partial charge in [0.25, 0.3) is 0 Å². The van der Waals surface area contributed by atoms with Gasteiger partial charge in [-0.15, -0.1) is 0 Å². The first-order chi connectivity index (χ1) is 10.3. The van der Waals surface area contributed by atoms with Gasteiger partial charge in [0.05, 0.1) is 11.1 Å². The fourth-order valence-corrected chi connectivity index (χ4v) is 1.97. The first kappa shape index (κ1) is 15.8. The summed E-state index contributed by atoms with van der Waals surface area (Å²) in [6.45, 7) is 5.46. The Hall–Kier alpha value is -2.62. The Morgan fingerprint density at radius 1 is 0.909 bits per heavy atom. The molecule has 0 aliphatic rings. The second kappa shape index (κ2) is 6.02. The molecule has 2 rings (SSSR count). The minimum atomic E-state index is -0.964. The second-order valence-electron chi connectivity index (χ2n) is 5.97. The van der Waals surface area contributed by atoms with Gasteiger partial charge in [0.1, 0.15) is 5.60 Å². The van der Waals surface area contributed by atoms with Crippen LogP contribution in [0.2, 0.25) is 0 Å². The van der Waals surface area contributed by atoms with Crippen LogP contribution in [-0.2, 0) is 4.74 Å². The quantitative estimate of drug-likeness (QED) is 0.870. The molecule has 0 amide bonds. The minimum absolute atomic E-state index is 0.229. The number of carbonyl (C=O) groups is 2. The van der Waals surface area contributed by atoms with Gasteiger partial charge in [0, 0.05) is 0 Å². The highest BCUT2D eigenvalue weighted by Crippen LogP contribution is 2.22. The minimum Gasteiger partial charge on any atom is -0.478 e. The van der Waals surface area contributed by atoms with Crippen LogP contribution in [0.5, 0.6) is 0 Å². The molecule has 4 nitrogen and oxygen atoms in total. The zero-order valence-corrected chi connectivity index (χ0v) is 12.8. The maximum absolute atomic E-state index is 12.1. The number of carboxylic acids is 1. The molecular formula is C18H18O4. The third kappa shape index (κ3) is 3.95. The van der Waals surface area contributed by atoms with Crippen molar-refractivity contribution in [2.45, 2.75) is 26.4 Å². The summed E-state index contributed by atoms with van der Waals surface area (Å²) in [5.74, 6) is -1.34. The maximum Gasteiger partial charge on any atom is 0.338 e. The van der Waals surface area contributed by atoms with Crippen molar-refractivity contribution in [1.29, 1.82) is 0 Å². The summed E-state index contributed by atoms with van der Waals surface area (Å²) in [5.41, 5.74) is 1.83. The van der Waals surface area contributed by atoms with Crippen molar-refractivity contribution < 1.29 is 19.4 Å². The SMILES string of the molecule is CC(C)(C)OC(=O)c1cccc(-c2ccc(C(=O)O)cc2)c1. The lowest BCUT2D eigenvalue weighted by Gasteiger charge is -2.19. The molecule has 0 unspecified atom stereocenters. The van der Waals surface area contributed by atoms with E-state index in [0.717, 1.165) is 11.1 Å². The molecule has 0 saturated carbocycles. The Morgan fingerprint density at radius 3 is 2.09 bits per heavy atom. The maximum atomic E-state index is 12.1. The van der Waals surface area contributed by atoms with Crippen LogP contribution in [0.1, 0.15) is 41.5 Å². The molecule has 2 aromatic rings. The van der Waals surface area contributed by atoms with Crippen LogP contribution in [0, 0.1) is 0 Å². The fourth-order valence-electron chi connectivity index (χ4n) is 1.97. The van der Waals surface area contributed by atoms with Gasteiger partial charge in [0.2, 0.25) is 0 Å². The molecule has 0 aromatic heterocycles. The van der Waals surface area contributed by atoms with Crippen LogP contribution in [0.4, 0.5) is 0 Å². The molecule has 4 heteroatoms. The standard InChI is InChI=1S/C18H18O4/c1-18(2,3)22-17(21)15-6-4-5-14(11-15)12-7-9-13(10-8-12)16(19)20/h4-11H,1-3H3,(H,19,20). The molecule has 0 fully saturated rings. The number of carboxylic acid groups (broad SMARTS) is 1. The van der Waals surface area contributed by atoms with Gasteiger partial charge in [-0.25, -0.2) is 9.59 Å². The number of hydrogen-bond donors (Lipinski definition) is 1. The third-order valence-corrected chi connectivity index (χ3v) is 2.96. The molecule has 22 heavy (non-hydrogen) atoms. The average Bonchev–Trinajstić information content (AvgIpc) is 2.46. The van der Waals surface area contributed by atoms with Gasteiger partial charge in [-0.1, -0.05) is 24.3 Å². The van der Waals surface area contributed by atoms with Crippen LogP contribution in [0.3, 0.4) is 0 Å². The number of aromatic carboxylic acids is 1. The van der Waals surface area contributed by atoms with E-state index in [1.807, 2.05) is 26.8 Å². The zero-order valence-electron chi connectivity index (χ0n) is 12.8. The largest absolute Gasteiger partial charge is 0.478 e. The summed E-state index contributed by atoms with van der Waals surface area (Å²) in [4.78, 5) is 23.0. The fraction of sp³-hybridized carbons (Fsp3) is 0.222. The van der Waals surface area contributed by atoms with Crippen molar-refractivity contribution in [3.63, 3.8) is 0 Å². The Kier molecular flexibility index (Phi) is 4.31. The Balaban J connectivity index is 2.28. The van der Waals surface area contributed by atoms with Gasteiger partial charge < -0.3 is 9.84 Å². The van der Waals surface area contributed by atoms with Gasteiger partial charge in [-0.3, -0.25) is 0 Å². The molecule has 0 saturated heterocycles. The molecule has 0 radical (unpaired) electrons. The number of carbonyl (C=O) groups excluding carboxylic acids is 1. The summed E-state index contributed by atoms with van der Waals surface area (Å²) in [6, 6.07) is 13.6. The molecule has 2 aromatic carbocycles. The van der Waals surface area contributed by atoms with E-state index in [1.165, 1.54) is 12.1 Å². The predicted molar refractivity (Wildman–Crippen MR) is 84.0 cm³/mol. The van der Waals surface area contributed by atoms with Crippen molar-refractivity contribution in [2.75, 3.05) is 0 Å². The topological polar surface area (TPSA) is 63.6 Å². The van der Waals surface area contributed by atoms with Crippen LogP contribution in [0.15, 0.2) is 48.5 Å². The predicted octanol–water partition coefficient (Wildman–Crippen LogP) is 4.01. The first-order valence-corrected chi connectivity index (χ1v) is 6.93. The highest BCUT2D eigenvalue weighted by Gasteiger charge is 2.18. The molecule has 1 N–H and O–H groups in total. The van der Waals surface area contributed by atoms with Crippen molar-refractivity contribution in [3.8, 4) is 11.1 Å². The molecule has 0 spiro atoms. The van der Waals surface area contributed by atoms with E-state index in [4.69, 9.17) is 9.84 Å². The smallest absolute Gasteiger partial charge is 0.338 e. The Bertz CT molecular complexity index is 694. The molecule has 0 bridgehead atoms. The van der Waals surface area contributed by atoms with Gasteiger partial charge in [0.15, 0.2) is 0 Å². The summed E-state index contributed by atoms with van der Waals surface area (Å²) in [5, 5.41) is 8.91. The van der Waals surface area contributed by atoms with Gasteiger partial charge in [-0.05, 0) is 56.2 Å². The summed E-state index contributed by atoms with van der Waals surface area (Å²) >= 11 is 0. The third-order valence-electron chi connectivity index (χ3n) is 2.96. The lowest BCUT2D eigenvalue weighted by molar-refractivity contribution is 0.00694. The lowest BCUT2D eigenvalue weighted by Crippen LogP contribution is -2.23. The monoisotopic (exact) mass is 298 g/mol. The molecular weight excluding hydrogens is 280 g/mol. The van der Waals surface area contributed by atoms with Crippen molar-refractivity contribution in [2.24, 2.45) is 0 Å². The van der Waals surface area contributed by atoms with Crippen molar-refractivity contribution in [3.05, 3.63) is 59.7 Å². The number of rotatable bonds is 3. The Morgan fingerprint density at radius 2 is 1.55 bits per heavy atom. The van der Waals surface area contributed by atoms with Crippen LogP contribution in [0.25, 0.3) is 11.1 Å². The van der Waals surface area contributed by atoms with E-state index in [9.17, 15) is 9.59 Å². The number of benzene rings is 2. The normalized spacial score (nSPS) is 11.0. The first-order valence-electron chi connectivity index (χ1n) is 6.93. The van der Waals surface area contributed by atoms with E-state index in [-0.39, 0.29) is 11.5 Å². The lowest BCUT2D eigenvalue weighted by atomic mass is 10.0. The van der Waals surface area contributed by atoms with Crippen LogP contribution < -0.4 is 0 Å². The van der Waals surface area contributed by atoms with Crippen LogP contribution >= 0.6 is 0 Å². The van der Waals surface area contributed by atoms with Crippen molar-refractivity contribution >= 4 is 11.9 Å². The van der Waals surface area contributed by atoms with Crippen molar-refractivity contribution in [1.82, 2.24) is 0 Å². The Labute approximate surface area is 129 Å². The molecule has 0 aliphatic heterocycles. The number of hydrogen-bond acceptors (Lipinski definition) is 3. The van der Waals surface area contributed by atoms with E-state index < -0.39 is 11.6 Å². The zero-order chi connectivity index (χ0) is 16.3. The van der Waals surface area contributed by atoms with E-state index in [1.54, 1.807) is 30.3 Å². The second-order valence-corrected chi connectivity index (χ2v) is 5.97. The van der Waals surface area contributed by atoms with E-state index >= 15 is 0 Å². The van der Waals surface area contributed by atoms with Gasteiger partial charge in [-0.2, -0.15) is 0 Å². The number of esters is 1. The summed E-state index contributed by atoms with van der Waals surface area (Å²) < 4.78 is 5.35. The molecule has 114 valence electrons. The molecule has 0 aliphatic carbocycles. The summed E-state index contributed by atoms with van der Waals surface area (Å²) in [6.07, 6.45) is 0. The van der Waals surface area contributed by atoms with Crippen LogP contribution in [-0.4, -0.2) is 22.6 Å². The average molecular weight is 298 g/mol.